The van der Waals surface area contributed by atoms with Crippen LogP contribution in [0.15, 0.2) is 53.4 Å². The number of halogens is 1. The van der Waals surface area contributed by atoms with E-state index in [0.717, 1.165) is 19.3 Å². The van der Waals surface area contributed by atoms with Crippen LogP contribution in [0.1, 0.15) is 24.8 Å². The normalized spacial score (nSPS) is 15.4. The van der Waals surface area contributed by atoms with E-state index in [0.29, 0.717) is 29.4 Å². The molecule has 3 rings (SSSR count). The first kappa shape index (κ1) is 21.4. The maximum Gasteiger partial charge on any atom is 0.248 e. The van der Waals surface area contributed by atoms with Crippen LogP contribution in [-0.2, 0) is 14.8 Å². The van der Waals surface area contributed by atoms with Crippen LogP contribution < -0.4 is 10.1 Å². The first-order chi connectivity index (χ1) is 13.9. The molecule has 154 valence electrons. The number of hydrogen-bond donors (Lipinski definition) is 1. The molecule has 1 amide bonds. The summed E-state index contributed by atoms with van der Waals surface area (Å²) >= 11 is 6.04. The van der Waals surface area contributed by atoms with Gasteiger partial charge >= 0.3 is 0 Å². The summed E-state index contributed by atoms with van der Waals surface area (Å²) in [7, 11) is -2.22. The Morgan fingerprint density at radius 2 is 1.86 bits per heavy atom. The van der Waals surface area contributed by atoms with Crippen molar-refractivity contribution in [1.82, 2.24) is 4.31 Å². The lowest BCUT2D eigenvalue weighted by Crippen LogP contribution is -2.35. The Labute approximate surface area is 176 Å². The molecular formula is C21H23ClN2O4S. The van der Waals surface area contributed by atoms with Crippen molar-refractivity contribution >= 4 is 39.3 Å². The molecule has 8 heteroatoms. The zero-order valence-electron chi connectivity index (χ0n) is 16.1. The van der Waals surface area contributed by atoms with Crippen molar-refractivity contribution in [2.75, 3.05) is 25.5 Å². The minimum absolute atomic E-state index is 0.107. The van der Waals surface area contributed by atoms with Gasteiger partial charge in [0.25, 0.3) is 0 Å². The van der Waals surface area contributed by atoms with Crippen LogP contribution in [0.5, 0.6) is 5.75 Å². The Morgan fingerprint density at radius 3 is 2.55 bits per heavy atom. The van der Waals surface area contributed by atoms with Crippen LogP contribution in [-0.4, -0.2) is 38.8 Å². The number of para-hydroxylation sites is 1. The quantitative estimate of drug-likeness (QED) is 0.692. The van der Waals surface area contributed by atoms with Gasteiger partial charge in [-0.05, 0) is 48.7 Å². The maximum absolute atomic E-state index is 13.1. The lowest BCUT2D eigenvalue weighted by Gasteiger charge is -2.26. The van der Waals surface area contributed by atoms with E-state index in [1.165, 1.54) is 23.6 Å². The molecule has 0 saturated carbocycles. The highest BCUT2D eigenvalue weighted by atomic mass is 35.5. The van der Waals surface area contributed by atoms with Crippen molar-refractivity contribution in [2.45, 2.75) is 24.2 Å². The molecule has 1 saturated heterocycles. The van der Waals surface area contributed by atoms with Gasteiger partial charge in [-0.3, -0.25) is 4.79 Å². The van der Waals surface area contributed by atoms with Gasteiger partial charge in [-0.15, -0.1) is 0 Å². The van der Waals surface area contributed by atoms with Gasteiger partial charge in [-0.2, -0.15) is 4.31 Å². The first-order valence-electron chi connectivity index (χ1n) is 9.33. The average molecular weight is 435 g/mol. The van der Waals surface area contributed by atoms with Gasteiger partial charge in [-0.1, -0.05) is 36.2 Å². The number of carbonyl (C=O) groups is 1. The van der Waals surface area contributed by atoms with E-state index in [-0.39, 0.29) is 16.6 Å². The number of piperidine rings is 1. The van der Waals surface area contributed by atoms with E-state index in [4.69, 9.17) is 16.3 Å². The van der Waals surface area contributed by atoms with Gasteiger partial charge in [-0.25, -0.2) is 8.42 Å². The van der Waals surface area contributed by atoms with Crippen molar-refractivity contribution < 1.29 is 17.9 Å². The summed E-state index contributed by atoms with van der Waals surface area (Å²) in [5, 5.41) is 3.13. The van der Waals surface area contributed by atoms with Crippen molar-refractivity contribution in [3.05, 3.63) is 59.1 Å². The highest BCUT2D eigenvalue weighted by Crippen LogP contribution is 2.30. The highest BCUT2D eigenvalue weighted by Gasteiger charge is 2.28. The van der Waals surface area contributed by atoms with Gasteiger partial charge in [0.1, 0.15) is 10.6 Å². The van der Waals surface area contributed by atoms with E-state index in [1.54, 1.807) is 42.5 Å². The van der Waals surface area contributed by atoms with Crippen molar-refractivity contribution in [1.29, 1.82) is 0 Å². The molecule has 6 nitrogen and oxygen atoms in total. The summed E-state index contributed by atoms with van der Waals surface area (Å²) in [6, 6.07) is 11.8. The molecule has 0 spiro atoms. The predicted molar refractivity (Wildman–Crippen MR) is 115 cm³/mol. The zero-order chi connectivity index (χ0) is 20.9. The highest BCUT2D eigenvalue weighted by molar-refractivity contribution is 7.89. The Balaban J connectivity index is 1.82. The number of rotatable bonds is 6. The first-order valence-corrected chi connectivity index (χ1v) is 11.2. The summed E-state index contributed by atoms with van der Waals surface area (Å²) in [6.45, 7) is 1.01. The summed E-state index contributed by atoms with van der Waals surface area (Å²) in [6.07, 6.45) is 5.63. The molecule has 1 heterocycles. The van der Waals surface area contributed by atoms with E-state index in [9.17, 15) is 13.2 Å². The molecule has 0 aliphatic carbocycles. The second-order valence-corrected chi connectivity index (χ2v) is 8.99. The van der Waals surface area contributed by atoms with Gasteiger partial charge in [0, 0.05) is 19.2 Å². The third kappa shape index (κ3) is 5.18. The Bertz CT molecular complexity index is 1020. The molecule has 1 aliphatic rings. The van der Waals surface area contributed by atoms with Crippen LogP contribution in [0.3, 0.4) is 0 Å². The number of anilines is 1. The summed E-state index contributed by atoms with van der Waals surface area (Å²) in [5.74, 6) is -0.0809. The number of amides is 1. The van der Waals surface area contributed by atoms with Crippen LogP contribution in [0.4, 0.5) is 5.69 Å². The van der Waals surface area contributed by atoms with Crippen molar-refractivity contribution in [3.8, 4) is 5.75 Å². The molecule has 1 aliphatic heterocycles. The molecular weight excluding hydrogens is 412 g/mol. The molecule has 0 radical (unpaired) electrons. The number of hydrogen-bond acceptors (Lipinski definition) is 4. The molecule has 0 unspecified atom stereocenters. The number of benzene rings is 2. The minimum Gasteiger partial charge on any atom is -0.495 e. The van der Waals surface area contributed by atoms with Gasteiger partial charge in [0.2, 0.25) is 15.9 Å². The minimum atomic E-state index is -3.66. The van der Waals surface area contributed by atoms with Gasteiger partial charge < -0.3 is 10.1 Å². The molecule has 0 bridgehead atoms. The average Bonchev–Trinajstić information content (AvgIpc) is 2.74. The van der Waals surface area contributed by atoms with Crippen LogP contribution >= 0.6 is 11.6 Å². The molecule has 2 aromatic carbocycles. The third-order valence-electron chi connectivity index (χ3n) is 4.68. The number of sulfonamides is 1. The zero-order valence-corrected chi connectivity index (χ0v) is 17.7. The molecule has 29 heavy (non-hydrogen) atoms. The third-order valence-corrected chi connectivity index (χ3v) is 6.93. The van der Waals surface area contributed by atoms with E-state index >= 15 is 0 Å². The Kier molecular flexibility index (Phi) is 6.95. The molecule has 1 N–H and O–H groups in total. The number of nitrogens with zero attached hydrogens (tertiary/aromatic N) is 1. The SMILES string of the molecule is COc1ccc(/C=C/C(=O)Nc2ccccc2Cl)cc1S(=O)(=O)N1CCCCC1. The van der Waals surface area contributed by atoms with Gasteiger partial charge in [0.15, 0.2) is 0 Å². The van der Waals surface area contributed by atoms with Gasteiger partial charge in [0.05, 0.1) is 17.8 Å². The number of carbonyl (C=O) groups excluding carboxylic acids is 1. The maximum atomic E-state index is 13.1. The molecule has 1 fully saturated rings. The van der Waals surface area contributed by atoms with Crippen molar-refractivity contribution in [3.63, 3.8) is 0 Å². The lowest BCUT2D eigenvalue weighted by atomic mass is 10.2. The van der Waals surface area contributed by atoms with Crippen LogP contribution in [0.25, 0.3) is 6.08 Å². The Hall–Kier alpha value is -2.35. The fourth-order valence-electron chi connectivity index (χ4n) is 3.15. The number of ether oxygens (including phenoxy) is 1. The summed E-state index contributed by atoms with van der Waals surface area (Å²) < 4.78 is 32.9. The van der Waals surface area contributed by atoms with Crippen LogP contribution in [0, 0.1) is 0 Å². The summed E-state index contributed by atoms with van der Waals surface area (Å²) in [5.41, 5.74) is 1.09. The second-order valence-electron chi connectivity index (χ2n) is 6.68. The topological polar surface area (TPSA) is 75.7 Å². The van der Waals surface area contributed by atoms with E-state index in [1.807, 2.05) is 0 Å². The number of nitrogens with one attached hydrogen (secondary N) is 1. The predicted octanol–water partition coefficient (Wildman–Crippen LogP) is 4.18. The van der Waals surface area contributed by atoms with E-state index in [2.05, 4.69) is 5.32 Å². The number of methoxy groups -OCH3 is 1. The summed E-state index contributed by atoms with van der Waals surface area (Å²) in [4.78, 5) is 12.3. The Morgan fingerprint density at radius 1 is 1.14 bits per heavy atom. The lowest BCUT2D eigenvalue weighted by molar-refractivity contribution is -0.111. The van der Waals surface area contributed by atoms with Crippen LogP contribution in [0.2, 0.25) is 5.02 Å². The second kappa shape index (κ2) is 9.43. The molecule has 0 atom stereocenters. The monoisotopic (exact) mass is 434 g/mol. The van der Waals surface area contributed by atoms with Crippen molar-refractivity contribution in [2.24, 2.45) is 0 Å². The van der Waals surface area contributed by atoms with E-state index < -0.39 is 10.0 Å². The largest absolute Gasteiger partial charge is 0.495 e. The smallest absolute Gasteiger partial charge is 0.248 e. The molecule has 0 aromatic heterocycles. The molecule has 2 aromatic rings. The standard InChI is InChI=1S/C21H23ClN2O4S/c1-28-19-11-9-16(10-12-21(25)23-18-8-4-3-7-17(18)22)15-20(19)29(26,27)24-13-5-2-6-14-24/h3-4,7-12,15H,2,5-6,13-14H2,1H3,(H,23,25)/b12-10+. The fraction of sp³-hybridized carbons (Fsp3) is 0.286. The fourth-order valence-corrected chi connectivity index (χ4v) is 5.04.